The number of amides is 1. The van der Waals surface area contributed by atoms with E-state index in [4.69, 9.17) is 5.73 Å². The molecule has 0 saturated heterocycles. The molecule has 1 amide bonds. The molecular weight excluding hydrogens is 214 g/mol. The normalized spacial score (nSPS) is 16.6. The van der Waals surface area contributed by atoms with Crippen LogP contribution in [-0.4, -0.2) is 28.9 Å². The van der Waals surface area contributed by atoms with Crippen LogP contribution in [0.4, 0.5) is 0 Å². The smallest absolute Gasteiger partial charge is 0.230 e. The van der Waals surface area contributed by atoms with E-state index < -0.39 is 0 Å². The Labute approximate surface area is 102 Å². The van der Waals surface area contributed by atoms with Gasteiger partial charge in [-0.2, -0.15) is 0 Å². The number of nitrogens with two attached hydrogens (primary N) is 1. The summed E-state index contributed by atoms with van der Waals surface area (Å²) in [5.74, 6) is 0.208. The fourth-order valence-electron chi connectivity index (χ4n) is 2.03. The summed E-state index contributed by atoms with van der Waals surface area (Å²) < 4.78 is 0. The highest BCUT2D eigenvalue weighted by atomic mass is 16.2. The van der Waals surface area contributed by atoms with Crippen molar-refractivity contribution in [1.82, 2.24) is 9.88 Å². The number of aromatic nitrogens is 1. The van der Waals surface area contributed by atoms with Crippen LogP contribution in [0, 0.1) is 5.41 Å². The first kappa shape index (κ1) is 12.0. The van der Waals surface area contributed by atoms with E-state index in [2.05, 4.69) is 4.98 Å². The van der Waals surface area contributed by atoms with Gasteiger partial charge in [0.05, 0.1) is 5.41 Å². The van der Waals surface area contributed by atoms with Crippen molar-refractivity contribution in [3.8, 4) is 0 Å². The average molecular weight is 233 g/mol. The molecule has 0 radical (unpaired) electrons. The zero-order valence-corrected chi connectivity index (χ0v) is 10.2. The van der Waals surface area contributed by atoms with Gasteiger partial charge in [-0.25, -0.2) is 0 Å². The molecule has 17 heavy (non-hydrogen) atoms. The van der Waals surface area contributed by atoms with Crippen LogP contribution in [0.2, 0.25) is 0 Å². The maximum absolute atomic E-state index is 12.3. The van der Waals surface area contributed by atoms with Crippen molar-refractivity contribution in [2.75, 3.05) is 13.1 Å². The number of carbonyl (C=O) groups excluding carboxylic acids is 1. The lowest BCUT2D eigenvalue weighted by atomic mass is 10.1. The quantitative estimate of drug-likeness (QED) is 0.830. The van der Waals surface area contributed by atoms with Crippen molar-refractivity contribution in [1.29, 1.82) is 0 Å². The van der Waals surface area contributed by atoms with E-state index in [1.165, 1.54) is 0 Å². The highest BCUT2D eigenvalue weighted by molar-refractivity contribution is 5.85. The third-order valence-corrected chi connectivity index (χ3v) is 3.49. The van der Waals surface area contributed by atoms with E-state index in [0.717, 1.165) is 24.9 Å². The third kappa shape index (κ3) is 2.47. The van der Waals surface area contributed by atoms with Gasteiger partial charge in [0.1, 0.15) is 0 Å². The van der Waals surface area contributed by atoms with Crippen LogP contribution in [0.1, 0.15) is 25.3 Å². The Bertz CT molecular complexity index is 387. The highest BCUT2D eigenvalue weighted by Crippen LogP contribution is 2.46. The van der Waals surface area contributed by atoms with Crippen LogP contribution in [0.5, 0.6) is 0 Å². The molecule has 0 atom stereocenters. The molecule has 0 aromatic carbocycles. The predicted molar refractivity (Wildman–Crippen MR) is 66.0 cm³/mol. The first-order valence-corrected chi connectivity index (χ1v) is 6.10. The van der Waals surface area contributed by atoms with Gasteiger partial charge in [0.25, 0.3) is 0 Å². The standard InChI is InChI=1S/C13H19N3O/c1-2-16(9-11-3-7-15-8-4-11)12(17)13(10-14)5-6-13/h3-4,7-8H,2,5-6,9-10,14H2,1H3. The molecular formula is C13H19N3O. The van der Waals surface area contributed by atoms with E-state index >= 15 is 0 Å². The second-order valence-corrected chi connectivity index (χ2v) is 4.66. The Morgan fingerprint density at radius 2 is 2.12 bits per heavy atom. The molecule has 4 nitrogen and oxygen atoms in total. The lowest BCUT2D eigenvalue weighted by molar-refractivity contribution is -0.137. The monoisotopic (exact) mass is 233 g/mol. The van der Waals surface area contributed by atoms with Crippen molar-refractivity contribution >= 4 is 5.91 Å². The van der Waals surface area contributed by atoms with E-state index in [1.54, 1.807) is 12.4 Å². The lowest BCUT2D eigenvalue weighted by Crippen LogP contribution is -2.40. The Kier molecular flexibility index (Phi) is 3.43. The second-order valence-electron chi connectivity index (χ2n) is 4.66. The van der Waals surface area contributed by atoms with Crippen molar-refractivity contribution in [3.05, 3.63) is 30.1 Å². The van der Waals surface area contributed by atoms with Crippen LogP contribution in [0.25, 0.3) is 0 Å². The molecule has 2 rings (SSSR count). The fourth-order valence-corrected chi connectivity index (χ4v) is 2.03. The summed E-state index contributed by atoms with van der Waals surface area (Å²) in [7, 11) is 0. The molecule has 0 unspecified atom stereocenters. The topological polar surface area (TPSA) is 59.2 Å². The molecule has 1 fully saturated rings. The number of hydrogen-bond acceptors (Lipinski definition) is 3. The Balaban J connectivity index is 2.05. The first-order valence-electron chi connectivity index (χ1n) is 6.10. The minimum Gasteiger partial charge on any atom is -0.338 e. The maximum atomic E-state index is 12.3. The van der Waals surface area contributed by atoms with Crippen LogP contribution < -0.4 is 5.73 Å². The number of nitrogens with zero attached hydrogens (tertiary/aromatic N) is 2. The van der Waals surface area contributed by atoms with Gasteiger partial charge in [-0.05, 0) is 37.5 Å². The second kappa shape index (κ2) is 4.84. The molecule has 1 aromatic rings. The molecule has 1 aliphatic rings. The number of hydrogen-bond donors (Lipinski definition) is 1. The Morgan fingerprint density at radius 1 is 1.47 bits per heavy atom. The molecule has 1 aliphatic carbocycles. The van der Waals surface area contributed by atoms with Gasteiger partial charge in [0.15, 0.2) is 0 Å². The molecule has 2 N–H and O–H groups in total. The van der Waals surface area contributed by atoms with E-state index in [9.17, 15) is 4.79 Å². The molecule has 92 valence electrons. The van der Waals surface area contributed by atoms with Crippen molar-refractivity contribution < 1.29 is 4.79 Å². The summed E-state index contributed by atoms with van der Waals surface area (Å²) in [6.45, 7) is 3.85. The lowest BCUT2D eigenvalue weighted by Gasteiger charge is -2.25. The number of rotatable bonds is 5. The largest absolute Gasteiger partial charge is 0.338 e. The molecule has 0 spiro atoms. The zero-order chi connectivity index (χ0) is 12.3. The molecule has 0 aliphatic heterocycles. The van der Waals surface area contributed by atoms with E-state index in [0.29, 0.717) is 13.1 Å². The minimum atomic E-state index is -0.247. The van der Waals surface area contributed by atoms with Gasteiger partial charge in [-0.1, -0.05) is 0 Å². The maximum Gasteiger partial charge on any atom is 0.230 e. The van der Waals surface area contributed by atoms with Crippen LogP contribution >= 0.6 is 0 Å². The van der Waals surface area contributed by atoms with Gasteiger partial charge in [-0.15, -0.1) is 0 Å². The summed E-state index contributed by atoms with van der Waals surface area (Å²) in [5, 5.41) is 0. The molecule has 1 saturated carbocycles. The Morgan fingerprint density at radius 3 is 2.59 bits per heavy atom. The predicted octanol–water partition coefficient (Wildman–Crippen LogP) is 1.17. The summed E-state index contributed by atoms with van der Waals surface area (Å²) in [6.07, 6.45) is 5.39. The SMILES string of the molecule is CCN(Cc1ccncc1)C(=O)C1(CN)CC1. The molecule has 1 heterocycles. The van der Waals surface area contributed by atoms with E-state index in [-0.39, 0.29) is 11.3 Å². The number of pyridine rings is 1. The van der Waals surface area contributed by atoms with Crippen molar-refractivity contribution in [3.63, 3.8) is 0 Å². The van der Waals surface area contributed by atoms with E-state index in [1.807, 2.05) is 24.0 Å². The molecule has 0 bridgehead atoms. The van der Waals surface area contributed by atoms with Gasteiger partial charge >= 0.3 is 0 Å². The van der Waals surface area contributed by atoms with Gasteiger partial charge in [0, 0.05) is 32.0 Å². The summed E-state index contributed by atoms with van der Waals surface area (Å²) in [4.78, 5) is 18.2. The van der Waals surface area contributed by atoms with Crippen molar-refractivity contribution in [2.24, 2.45) is 11.1 Å². The summed E-state index contributed by atoms with van der Waals surface area (Å²) >= 11 is 0. The van der Waals surface area contributed by atoms with Crippen molar-refractivity contribution in [2.45, 2.75) is 26.3 Å². The van der Waals surface area contributed by atoms with Gasteiger partial charge < -0.3 is 10.6 Å². The summed E-state index contributed by atoms with van der Waals surface area (Å²) in [5.41, 5.74) is 6.57. The number of carbonyl (C=O) groups is 1. The average Bonchev–Trinajstić information content (AvgIpc) is 3.17. The van der Waals surface area contributed by atoms with Crippen LogP contribution in [0.15, 0.2) is 24.5 Å². The molecule has 1 aromatic heterocycles. The van der Waals surface area contributed by atoms with Gasteiger partial charge in [0.2, 0.25) is 5.91 Å². The summed E-state index contributed by atoms with van der Waals surface area (Å²) in [6, 6.07) is 3.88. The minimum absolute atomic E-state index is 0.208. The highest BCUT2D eigenvalue weighted by Gasteiger charge is 2.50. The molecule has 4 heteroatoms. The third-order valence-electron chi connectivity index (χ3n) is 3.49. The zero-order valence-electron chi connectivity index (χ0n) is 10.2. The fraction of sp³-hybridized carbons (Fsp3) is 0.538. The first-order chi connectivity index (χ1) is 8.22. The van der Waals surface area contributed by atoms with Gasteiger partial charge in [-0.3, -0.25) is 9.78 Å². The Hall–Kier alpha value is -1.42. The van der Waals surface area contributed by atoms with Crippen LogP contribution in [0.3, 0.4) is 0 Å². The van der Waals surface area contributed by atoms with Crippen LogP contribution in [-0.2, 0) is 11.3 Å².